The first-order valence-corrected chi connectivity index (χ1v) is 11.8. The molecule has 8 nitrogen and oxygen atoms in total. The van der Waals surface area contributed by atoms with E-state index >= 15 is 0 Å². The Morgan fingerprint density at radius 2 is 1.78 bits per heavy atom. The molecule has 1 heterocycles. The molecule has 0 aliphatic rings. The highest BCUT2D eigenvalue weighted by Crippen LogP contribution is 2.33. The Hall–Kier alpha value is -4.30. The molecule has 0 saturated heterocycles. The molecule has 1 N–H and O–H groups in total. The third-order valence-electron chi connectivity index (χ3n) is 5.54. The van der Waals surface area contributed by atoms with Crippen molar-refractivity contribution in [3.05, 3.63) is 94.6 Å². The maximum Gasteiger partial charge on any atom is 0.412 e. The molecule has 4 rings (SSSR count). The van der Waals surface area contributed by atoms with Gasteiger partial charge in [-0.3, -0.25) is 10.1 Å². The zero-order valence-corrected chi connectivity index (χ0v) is 21.2. The van der Waals surface area contributed by atoms with E-state index in [2.05, 4.69) is 10.5 Å². The number of carbonyl (C=O) groups is 2. The minimum Gasteiger partial charge on any atom is -0.469 e. The highest BCUT2D eigenvalue weighted by Gasteiger charge is 2.20. The number of anilines is 1. The predicted molar refractivity (Wildman–Crippen MR) is 139 cm³/mol. The summed E-state index contributed by atoms with van der Waals surface area (Å²) in [7, 11) is 1.35. The monoisotopic (exact) mass is 520 g/mol. The van der Waals surface area contributed by atoms with Gasteiger partial charge in [0.2, 0.25) is 0 Å². The van der Waals surface area contributed by atoms with Crippen LogP contribution < -0.4 is 10.1 Å². The Morgan fingerprint density at radius 1 is 1.03 bits per heavy atom. The number of methoxy groups -OCH3 is 1. The van der Waals surface area contributed by atoms with Gasteiger partial charge in [-0.25, -0.2) is 4.79 Å². The number of hydrogen-bond donors (Lipinski definition) is 1. The predicted octanol–water partition coefficient (Wildman–Crippen LogP) is 7.12. The molecule has 3 aromatic carbocycles. The average molecular weight is 521 g/mol. The summed E-state index contributed by atoms with van der Waals surface area (Å²) in [5.41, 5.74) is 3.07. The molecule has 9 heteroatoms. The first-order chi connectivity index (χ1) is 17.8. The van der Waals surface area contributed by atoms with Crippen molar-refractivity contribution in [3.8, 4) is 22.8 Å². The number of benzene rings is 3. The number of aromatic nitrogens is 1. The van der Waals surface area contributed by atoms with E-state index in [9.17, 15) is 9.59 Å². The molecule has 1 unspecified atom stereocenters. The van der Waals surface area contributed by atoms with Crippen LogP contribution in [0.2, 0.25) is 5.02 Å². The van der Waals surface area contributed by atoms with Crippen molar-refractivity contribution in [1.29, 1.82) is 0 Å². The lowest BCUT2D eigenvalue weighted by Gasteiger charge is -2.15. The van der Waals surface area contributed by atoms with Crippen LogP contribution in [0, 0.1) is 6.92 Å². The first-order valence-electron chi connectivity index (χ1n) is 11.5. The molecule has 0 fully saturated rings. The van der Waals surface area contributed by atoms with Gasteiger partial charge in [0.1, 0.15) is 29.0 Å². The van der Waals surface area contributed by atoms with Crippen LogP contribution in [0.4, 0.5) is 10.5 Å². The van der Waals surface area contributed by atoms with Gasteiger partial charge >= 0.3 is 12.1 Å². The van der Waals surface area contributed by atoms with Gasteiger partial charge in [0, 0.05) is 16.1 Å². The highest BCUT2D eigenvalue weighted by molar-refractivity contribution is 6.31. The zero-order chi connectivity index (χ0) is 26.4. The molecule has 0 saturated carbocycles. The molecule has 4 aromatic rings. The van der Waals surface area contributed by atoms with Crippen molar-refractivity contribution in [2.45, 2.75) is 26.4 Å². The average Bonchev–Trinajstić information content (AvgIpc) is 3.24. The van der Waals surface area contributed by atoms with Crippen molar-refractivity contribution in [1.82, 2.24) is 5.16 Å². The SMILES string of the molecule is COC(=O)Cc1cccc(Oc2ccc(-c3onc(C)c3NC(=O)OC(C)c3ccccc3Cl)cc2)c1. The van der Waals surface area contributed by atoms with Crippen LogP contribution in [0.1, 0.15) is 29.8 Å². The maximum absolute atomic E-state index is 12.6. The lowest BCUT2D eigenvalue weighted by atomic mass is 10.1. The number of rotatable bonds is 8. The molecular weight excluding hydrogens is 496 g/mol. The number of halogens is 1. The van der Waals surface area contributed by atoms with Crippen molar-refractivity contribution in [3.63, 3.8) is 0 Å². The molecule has 1 aromatic heterocycles. The second kappa shape index (κ2) is 11.6. The number of esters is 1. The normalized spacial score (nSPS) is 11.5. The van der Waals surface area contributed by atoms with E-state index < -0.39 is 12.2 Å². The van der Waals surface area contributed by atoms with Crippen LogP contribution in [0.5, 0.6) is 11.5 Å². The third kappa shape index (κ3) is 6.48. The number of carbonyl (C=O) groups excluding carboxylic acids is 2. The van der Waals surface area contributed by atoms with E-state index in [1.807, 2.05) is 24.3 Å². The molecule has 0 spiro atoms. The quantitative estimate of drug-likeness (QED) is 0.247. The summed E-state index contributed by atoms with van der Waals surface area (Å²) in [5.74, 6) is 1.22. The maximum atomic E-state index is 12.6. The fourth-order valence-corrected chi connectivity index (χ4v) is 3.93. The summed E-state index contributed by atoms with van der Waals surface area (Å²) >= 11 is 6.21. The number of ether oxygens (including phenoxy) is 3. The zero-order valence-electron chi connectivity index (χ0n) is 20.5. The molecule has 37 heavy (non-hydrogen) atoms. The van der Waals surface area contributed by atoms with Gasteiger partial charge in [-0.15, -0.1) is 0 Å². The minimum absolute atomic E-state index is 0.160. The lowest BCUT2D eigenvalue weighted by Crippen LogP contribution is -2.17. The summed E-state index contributed by atoms with van der Waals surface area (Å²) in [6.45, 7) is 3.46. The summed E-state index contributed by atoms with van der Waals surface area (Å²) in [4.78, 5) is 24.2. The van der Waals surface area contributed by atoms with E-state index in [0.717, 1.165) is 5.56 Å². The van der Waals surface area contributed by atoms with Gasteiger partial charge < -0.3 is 18.7 Å². The van der Waals surface area contributed by atoms with Crippen LogP contribution in [-0.4, -0.2) is 24.3 Å². The van der Waals surface area contributed by atoms with Crippen molar-refractivity contribution >= 4 is 29.4 Å². The second-order valence-corrected chi connectivity index (χ2v) is 8.60. The van der Waals surface area contributed by atoms with E-state index in [4.69, 9.17) is 30.3 Å². The van der Waals surface area contributed by atoms with E-state index in [1.165, 1.54) is 7.11 Å². The van der Waals surface area contributed by atoms with Gasteiger partial charge in [0.05, 0.1) is 13.5 Å². The number of amides is 1. The summed E-state index contributed by atoms with van der Waals surface area (Å²) < 4.78 is 21.6. The Bertz CT molecular complexity index is 1400. The third-order valence-corrected chi connectivity index (χ3v) is 5.89. The highest BCUT2D eigenvalue weighted by atomic mass is 35.5. The molecule has 190 valence electrons. The summed E-state index contributed by atoms with van der Waals surface area (Å²) in [6, 6.07) is 21.5. The Kier molecular flexibility index (Phi) is 8.10. The minimum atomic E-state index is -0.660. The Morgan fingerprint density at radius 3 is 2.51 bits per heavy atom. The van der Waals surface area contributed by atoms with Crippen molar-refractivity contribution < 1.29 is 28.3 Å². The van der Waals surface area contributed by atoms with Gasteiger partial charge in [-0.05, 0) is 61.9 Å². The smallest absolute Gasteiger partial charge is 0.412 e. The molecule has 0 aliphatic heterocycles. The molecular formula is C28H25ClN2O6. The van der Waals surface area contributed by atoms with Gasteiger partial charge in [0.15, 0.2) is 5.76 Å². The van der Waals surface area contributed by atoms with E-state index in [-0.39, 0.29) is 12.4 Å². The molecule has 1 atom stereocenters. The van der Waals surface area contributed by atoms with Crippen LogP contribution >= 0.6 is 11.6 Å². The van der Waals surface area contributed by atoms with Gasteiger partial charge in [0.25, 0.3) is 0 Å². The first kappa shape index (κ1) is 25.8. The topological polar surface area (TPSA) is 99.9 Å². The summed E-state index contributed by atoms with van der Waals surface area (Å²) in [6.07, 6.45) is -1.06. The van der Waals surface area contributed by atoms with Gasteiger partial charge in [-0.2, -0.15) is 0 Å². The molecule has 0 aliphatic carbocycles. The van der Waals surface area contributed by atoms with Gasteiger partial charge in [-0.1, -0.05) is 47.1 Å². The largest absolute Gasteiger partial charge is 0.469 e. The number of hydrogen-bond acceptors (Lipinski definition) is 7. The summed E-state index contributed by atoms with van der Waals surface area (Å²) in [5, 5.41) is 7.24. The lowest BCUT2D eigenvalue weighted by molar-refractivity contribution is -0.139. The number of nitrogens with one attached hydrogen (secondary N) is 1. The van der Waals surface area contributed by atoms with Crippen LogP contribution in [0.3, 0.4) is 0 Å². The number of nitrogens with zero attached hydrogens (tertiary/aromatic N) is 1. The molecule has 0 bridgehead atoms. The van der Waals surface area contributed by atoms with Crippen LogP contribution in [-0.2, 0) is 20.7 Å². The second-order valence-electron chi connectivity index (χ2n) is 8.19. The Balaban J connectivity index is 1.44. The Labute approximate surface area is 219 Å². The van der Waals surface area contributed by atoms with Crippen LogP contribution in [0.25, 0.3) is 11.3 Å². The van der Waals surface area contributed by atoms with E-state index in [1.54, 1.807) is 62.4 Å². The fraction of sp³-hybridized carbons (Fsp3) is 0.179. The molecule has 1 amide bonds. The van der Waals surface area contributed by atoms with Crippen LogP contribution in [0.15, 0.2) is 77.3 Å². The van der Waals surface area contributed by atoms with Crippen molar-refractivity contribution in [2.75, 3.05) is 12.4 Å². The standard InChI is InChI=1S/C28H25ClN2O6/c1-17-26(30-28(33)35-18(2)23-9-4-5-10-24(23)29)27(37-31-17)20-11-13-21(14-12-20)36-22-8-6-7-19(15-22)16-25(32)34-3/h4-15,18H,16H2,1-3H3,(H,30,33). The molecule has 0 radical (unpaired) electrons. The fourth-order valence-electron chi connectivity index (χ4n) is 3.64. The van der Waals surface area contributed by atoms with Crippen molar-refractivity contribution in [2.24, 2.45) is 0 Å². The number of aryl methyl sites for hydroxylation is 1. The van der Waals surface area contributed by atoms with E-state index in [0.29, 0.717) is 44.8 Å².